The average Bonchev–Trinajstić information content (AvgIpc) is 2.26. The molecule has 1 saturated heterocycles. The van der Waals surface area contributed by atoms with Crippen LogP contribution in [0.3, 0.4) is 0 Å². The Bertz CT molecular complexity index is 286. The maximum atomic E-state index is 12.3. The molecule has 0 aliphatic carbocycles. The molecule has 1 heterocycles. The first kappa shape index (κ1) is 13.4. The second-order valence-electron chi connectivity index (χ2n) is 4.08. The van der Waals surface area contributed by atoms with Crippen molar-refractivity contribution in [2.75, 3.05) is 12.4 Å². The van der Waals surface area contributed by atoms with Crippen LogP contribution < -0.4 is 0 Å². The minimum absolute atomic E-state index is 0.206. The minimum atomic E-state index is -3.06. The zero-order valence-corrected chi connectivity index (χ0v) is 9.71. The Hall–Kier alpha value is -0.710. The van der Waals surface area contributed by atoms with Crippen molar-refractivity contribution in [1.82, 2.24) is 4.90 Å². The van der Waals surface area contributed by atoms with Gasteiger partial charge in [0.15, 0.2) is 5.78 Å². The molecule has 2 atom stereocenters. The van der Waals surface area contributed by atoms with Crippen LogP contribution >= 0.6 is 11.6 Å². The topological polar surface area (TPSA) is 37.4 Å². The Morgan fingerprint density at radius 2 is 2.12 bits per heavy atom. The lowest BCUT2D eigenvalue weighted by Gasteiger charge is -2.37. The molecular formula is C10H14ClF2NO2. The van der Waals surface area contributed by atoms with Crippen LogP contribution in [-0.2, 0) is 9.59 Å². The SMILES string of the molecule is CC1CCN(C(=O)C(F)F)C(C(=O)CCl)C1. The van der Waals surface area contributed by atoms with Gasteiger partial charge in [-0.3, -0.25) is 9.59 Å². The van der Waals surface area contributed by atoms with E-state index in [0.29, 0.717) is 12.8 Å². The highest BCUT2D eigenvalue weighted by atomic mass is 35.5. The fraction of sp³-hybridized carbons (Fsp3) is 0.800. The highest BCUT2D eigenvalue weighted by Gasteiger charge is 2.37. The highest BCUT2D eigenvalue weighted by molar-refractivity contribution is 6.28. The van der Waals surface area contributed by atoms with Gasteiger partial charge in [-0.05, 0) is 18.8 Å². The van der Waals surface area contributed by atoms with Gasteiger partial charge >= 0.3 is 6.43 Å². The zero-order valence-electron chi connectivity index (χ0n) is 8.96. The smallest absolute Gasteiger partial charge is 0.315 e. The summed E-state index contributed by atoms with van der Waals surface area (Å²) in [6, 6.07) is -0.775. The van der Waals surface area contributed by atoms with Gasteiger partial charge in [-0.25, -0.2) is 0 Å². The van der Waals surface area contributed by atoms with Gasteiger partial charge < -0.3 is 4.90 Å². The number of hydrogen-bond acceptors (Lipinski definition) is 2. The van der Waals surface area contributed by atoms with Crippen LogP contribution in [-0.4, -0.2) is 41.5 Å². The number of halogens is 3. The van der Waals surface area contributed by atoms with E-state index in [1.54, 1.807) is 0 Å². The number of carbonyl (C=O) groups is 2. The Balaban J connectivity index is 2.80. The first-order chi connectivity index (χ1) is 7.47. The van der Waals surface area contributed by atoms with Crippen LogP contribution in [0, 0.1) is 5.92 Å². The van der Waals surface area contributed by atoms with Crippen molar-refractivity contribution < 1.29 is 18.4 Å². The van der Waals surface area contributed by atoms with Crippen molar-refractivity contribution in [1.29, 1.82) is 0 Å². The van der Waals surface area contributed by atoms with Gasteiger partial charge in [-0.15, -0.1) is 11.6 Å². The van der Waals surface area contributed by atoms with Crippen molar-refractivity contribution in [3.63, 3.8) is 0 Å². The molecule has 92 valence electrons. The molecule has 0 spiro atoms. The summed E-state index contributed by atoms with van der Waals surface area (Å²) < 4.78 is 24.6. The molecule has 0 saturated carbocycles. The summed E-state index contributed by atoms with van der Waals surface area (Å²) in [4.78, 5) is 23.7. The molecule has 0 aromatic carbocycles. The van der Waals surface area contributed by atoms with Crippen molar-refractivity contribution in [2.24, 2.45) is 5.92 Å². The summed E-state index contributed by atoms with van der Waals surface area (Å²) in [6.45, 7) is 2.14. The third-order valence-corrected chi connectivity index (χ3v) is 3.10. The van der Waals surface area contributed by atoms with Crippen LogP contribution in [0.25, 0.3) is 0 Å². The lowest BCUT2D eigenvalue weighted by Crippen LogP contribution is -2.52. The third-order valence-electron chi connectivity index (χ3n) is 2.84. The van der Waals surface area contributed by atoms with E-state index < -0.39 is 18.4 Å². The summed E-state index contributed by atoms with van der Waals surface area (Å²) in [6.07, 6.45) is -1.99. The molecule has 16 heavy (non-hydrogen) atoms. The molecule has 0 aromatic rings. The van der Waals surface area contributed by atoms with Crippen LogP contribution in [0.4, 0.5) is 8.78 Å². The molecule has 1 fully saturated rings. The summed E-state index contributed by atoms with van der Waals surface area (Å²) >= 11 is 5.41. The van der Waals surface area contributed by atoms with E-state index in [4.69, 9.17) is 11.6 Å². The standard InChI is InChI=1S/C10H14ClF2NO2/c1-6-2-3-14(10(16)9(12)13)7(4-6)8(15)5-11/h6-7,9H,2-5H2,1H3. The van der Waals surface area contributed by atoms with E-state index in [1.807, 2.05) is 6.92 Å². The maximum absolute atomic E-state index is 12.3. The number of likely N-dealkylation sites (tertiary alicyclic amines) is 1. The normalized spacial score (nSPS) is 25.9. The predicted molar refractivity (Wildman–Crippen MR) is 55.6 cm³/mol. The summed E-state index contributed by atoms with van der Waals surface area (Å²) in [5, 5.41) is 0. The second-order valence-corrected chi connectivity index (χ2v) is 4.34. The fourth-order valence-electron chi connectivity index (χ4n) is 1.92. The number of alkyl halides is 3. The number of amides is 1. The van der Waals surface area contributed by atoms with Crippen LogP contribution in [0.2, 0.25) is 0 Å². The molecule has 6 heteroatoms. The number of ketones is 1. The Kier molecular flexibility index (Phi) is 4.65. The number of piperidine rings is 1. The molecule has 0 bridgehead atoms. The molecule has 2 unspecified atom stereocenters. The van der Waals surface area contributed by atoms with Gasteiger partial charge in [-0.2, -0.15) is 8.78 Å². The van der Waals surface area contributed by atoms with Crippen molar-refractivity contribution in [3.8, 4) is 0 Å². The first-order valence-corrected chi connectivity index (χ1v) is 5.68. The Morgan fingerprint density at radius 3 is 2.62 bits per heavy atom. The first-order valence-electron chi connectivity index (χ1n) is 5.14. The zero-order chi connectivity index (χ0) is 12.3. The lowest BCUT2D eigenvalue weighted by atomic mass is 9.90. The number of Topliss-reactive ketones (excluding diaryl/α,β-unsaturated/α-hetero) is 1. The molecule has 1 rings (SSSR count). The maximum Gasteiger partial charge on any atom is 0.315 e. The third kappa shape index (κ3) is 2.90. The lowest BCUT2D eigenvalue weighted by molar-refractivity contribution is -0.150. The summed E-state index contributed by atoms with van der Waals surface area (Å²) in [5.74, 6) is -1.62. The van der Waals surface area contributed by atoms with Gasteiger partial charge in [0.25, 0.3) is 5.91 Å². The predicted octanol–water partition coefficient (Wildman–Crippen LogP) is 1.69. The molecular weight excluding hydrogens is 240 g/mol. The van der Waals surface area contributed by atoms with E-state index in [2.05, 4.69) is 0 Å². The second kappa shape index (κ2) is 5.57. The van der Waals surface area contributed by atoms with E-state index >= 15 is 0 Å². The summed E-state index contributed by atoms with van der Waals surface area (Å²) in [7, 11) is 0. The average molecular weight is 254 g/mol. The van der Waals surface area contributed by atoms with Crippen molar-refractivity contribution in [3.05, 3.63) is 0 Å². The molecule has 1 aliphatic rings. The van der Waals surface area contributed by atoms with Gasteiger partial charge in [0.2, 0.25) is 0 Å². The number of nitrogens with zero attached hydrogens (tertiary/aromatic N) is 1. The fourth-order valence-corrected chi connectivity index (χ4v) is 2.10. The van der Waals surface area contributed by atoms with E-state index in [-0.39, 0.29) is 24.1 Å². The quantitative estimate of drug-likeness (QED) is 0.718. The molecule has 1 aliphatic heterocycles. The van der Waals surface area contributed by atoms with Gasteiger partial charge in [0, 0.05) is 6.54 Å². The molecule has 0 aromatic heterocycles. The van der Waals surface area contributed by atoms with E-state index in [9.17, 15) is 18.4 Å². The van der Waals surface area contributed by atoms with Gasteiger partial charge in [-0.1, -0.05) is 6.92 Å². The van der Waals surface area contributed by atoms with E-state index in [1.165, 1.54) is 0 Å². The Morgan fingerprint density at radius 1 is 1.50 bits per heavy atom. The molecule has 0 radical (unpaired) electrons. The highest BCUT2D eigenvalue weighted by Crippen LogP contribution is 2.24. The molecule has 1 amide bonds. The number of carbonyl (C=O) groups excluding carboxylic acids is 2. The van der Waals surface area contributed by atoms with E-state index in [0.717, 1.165) is 4.90 Å². The molecule has 0 N–H and O–H groups in total. The summed E-state index contributed by atoms with van der Waals surface area (Å²) in [5.41, 5.74) is 0. The van der Waals surface area contributed by atoms with Crippen molar-refractivity contribution in [2.45, 2.75) is 32.2 Å². The van der Waals surface area contributed by atoms with Crippen LogP contribution in [0.15, 0.2) is 0 Å². The monoisotopic (exact) mass is 253 g/mol. The van der Waals surface area contributed by atoms with Gasteiger partial charge in [0.05, 0.1) is 11.9 Å². The minimum Gasteiger partial charge on any atom is -0.328 e. The molecule has 3 nitrogen and oxygen atoms in total. The van der Waals surface area contributed by atoms with Crippen LogP contribution in [0.5, 0.6) is 0 Å². The van der Waals surface area contributed by atoms with Crippen LogP contribution in [0.1, 0.15) is 19.8 Å². The number of rotatable bonds is 3. The van der Waals surface area contributed by atoms with Crippen molar-refractivity contribution >= 4 is 23.3 Å². The largest absolute Gasteiger partial charge is 0.328 e. The number of hydrogen-bond donors (Lipinski definition) is 0. The van der Waals surface area contributed by atoms with Gasteiger partial charge in [0.1, 0.15) is 0 Å². The Labute approximate surface area is 97.7 Å².